The van der Waals surface area contributed by atoms with Crippen molar-refractivity contribution in [3.63, 3.8) is 0 Å². The molecule has 0 saturated heterocycles. The highest BCUT2D eigenvalue weighted by atomic mass is 35.5. The monoisotopic (exact) mass is 411 g/mol. The number of carbonyl (C=O) groups excluding carboxylic acids is 1. The standard InChI is InChI=1S/C21H18ClN3O4/c1-3-28-19-12-14(11-18(22)20(19)29-9-8-23)10-15(13-24)21(26)25-16-4-6-17(27-2)7-5-16/h4-7,10-12H,3,9H2,1-2H3,(H,25,26)/b15-10+. The molecular weight excluding hydrogens is 394 g/mol. The third-order valence-corrected chi connectivity index (χ3v) is 3.92. The number of carbonyl (C=O) groups is 1. The van der Waals surface area contributed by atoms with E-state index >= 15 is 0 Å². The van der Waals surface area contributed by atoms with Crippen molar-refractivity contribution in [1.82, 2.24) is 0 Å². The zero-order valence-electron chi connectivity index (χ0n) is 15.9. The fourth-order valence-electron chi connectivity index (χ4n) is 2.37. The van der Waals surface area contributed by atoms with Crippen molar-refractivity contribution in [3.8, 4) is 29.4 Å². The van der Waals surface area contributed by atoms with Gasteiger partial charge in [-0.3, -0.25) is 4.79 Å². The minimum absolute atomic E-state index is 0.120. The number of ether oxygens (including phenoxy) is 3. The highest BCUT2D eigenvalue weighted by Crippen LogP contribution is 2.37. The van der Waals surface area contributed by atoms with Crippen molar-refractivity contribution in [2.75, 3.05) is 25.6 Å². The molecule has 1 amide bonds. The molecule has 1 N–H and O–H groups in total. The molecule has 0 bridgehead atoms. The molecule has 0 saturated carbocycles. The Morgan fingerprint density at radius 2 is 1.93 bits per heavy atom. The second kappa shape index (κ2) is 10.6. The summed E-state index contributed by atoms with van der Waals surface area (Å²) in [6, 6.07) is 13.6. The minimum Gasteiger partial charge on any atom is -0.497 e. The van der Waals surface area contributed by atoms with Crippen LogP contribution in [0.2, 0.25) is 5.02 Å². The highest BCUT2D eigenvalue weighted by molar-refractivity contribution is 6.32. The SMILES string of the molecule is CCOc1cc(/C=C(\C#N)C(=O)Nc2ccc(OC)cc2)cc(Cl)c1OCC#N. The smallest absolute Gasteiger partial charge is 0.266 e. The Hall–Kier alpha value is -3.68. The maximum Gasteiger partial charge on any atom is 0.266 e. The molecule has 29 heavy (non-hydrogen) atoms. The van der Waals surface area contributed by atoms with Crippen molar-refractivity contribution in [2.45, 2.75) is 6.92 Å². The molecule has 2 aromatic rings. The largest absolute Gasteiger partial charge is 0.497 e. The van der Waals surface area contributed by atoms with Crippen LogP contribution >= 0.6 is 11.6 Å². The zero-order chi connectivity index (χ0) is 21.2. The van der Waals surface area contributed by atoms with Gasteiger partial charge in [-0.2, -0.15) is 10.5 Å². The van der Waals surface area contributed by atoms with Crippen LogP contribution in [0.1, 0.15) is 12.5 Å². The van der Waals surface area contributed by atoms with E-state index in [9.17, 15) is 10.1 Å². The maximum atomic E-state index is 12.4. The van der Waals surface area contributed by atoms with E-state index in [1.165, 1.54) is 12.1 Å². The van der Waals surface area contributed by atoms with Crippen molar-refractivity contribution < 1.29 is 19.0 Å². The maximum absolute atomic E-state index is 12.4. The van der Waals surface area contributed by atoms with Gasteiger partial charge in [0.2, 0.25) is 0 Å². The second-order valence-corrected chi connectivity index (χ2v) is 5.97. The number of benzene rings is 2. The van der Waals surface area contributed by atoms with Gasteiger partial charge in [0.1, 0.15) is 23.5 Å². The summed E-state index contributed by atoms with van der Waals surface area (Å²) in [5.74, 6) is 0.621. The lowest BCUT2D eigenvalue weighted by Crippen LogP contribution is -2.13. The van der Waals surface area contributed by atoms with Gasteiger partial charge >= 0.3 is 0 Å². The Labute approximate surface area is 173 Å². The van der Waals surface area contributed by atoms with E-state index in [1.807, 2.05) is 12.1 Å². The molecule has 7 nitrogen and oxygen atoms in total. The van der Waals surface area contributed by atoms with Gasteiger partial charge in [0.25, 0.3) is 5.91 Å². The Morgan fingerprint density at radius 3 is 2.52 bits per heavy atom. The van der Waals surface area contributed by atoms with Crippen LogP contribution in [0.5, 0.6) is 17.2 Å². The Bertz CT molecular complexity index is 989. The zero-order valence-corrected chi connectivity index (χ0v) is 16.6. The lowest BCUT2D eigenvalue weighted by Gasteiger charge is -2.13. The second-order valence-electron chi connectivity index (χ2n) is 5.56. The van der Waals surface area contributed by atoms with Crippen LogP contribution in [0, 0.1) is 22.7 Å². The van der Waals surface area contributed by atoms with E-state index in [1.54, 1.807) is 44.4 Å². The van der Waals surface area contributed by atoms with Crippen LogP contribution in [0.25, 0.3) is 6.08 Å². The van der Waals surface area contributed by atoms with E-state index in [4.69, 9.17) is 31.1 Å². The Kier molecular flexibility index (Phi) is 7.90. The van der Waals surface area contributed by atoms with Gasteiger partial charge in [-0.1, -0.05) is 11.6 Å². The van der Waals surface area contributed by atoms with Gasteiger partial charge in [0.15, 0.2) is 18.1 Å². The normalized spacial score (nSPS) is 10.4. The van der Waals surface area contributed by atoms with Crippen molar-refractivity contribution >= 4 is 29.3 Å². The number of nitrogens with zero attached hydrogens (tertiary/aromatic N) is 2. The minimum atomic E-state index is -0.573. The fraction of sp³-hybridized carbons (Fsp3) is 0.190. The van der Waals surface area contributed by atoms with Crippen LogP contribution < -0.4 is 19.5 Å². The van der Waals surface area contributed by atoms with E-state index in [0.717, 1.165) is 0 Å². The Morgan fingerprint density at radius 1 is 1.21 bits per heavy atom. The molecule has 0 spiro atoms. The van der Waals surface area contributed by atoms with Gasteiger partial charge in [-0.15, -0.1) is 0 Å². The molecular formula is C21H18ClN3O4. The first-order valence-electron chi connectivity index (χ1n) is 8.55. The number of anilines is 1. The van der Waals surface area contributed by atoms with Crippen molar-refractivity contribution in [3.05, 3.63) is 52.6 Å². The van der Waals surface area contributed by atoms with Gasteiger partial charge < -0.3 is 19.5 Å². The summed E-state index contributed by atoms with van der Waals surface area (Å²) in [4.78, 5) is 12.4. The molecule has 0 aliphatic heterocycles. The number of halogens is 1. The Balaban J connectivity index is 2.29. The van der Waals surface area contributed by atoms with E-state index in [-0.39, 0.29) is 23.0 Å². The summed E-state index contributed by atoms with van der Waals surface area (Å²) in [6.45, 7) is 1.94. The molecule has 0 atom stereocenters. The van der Waals surface area contributed by atoms with Crippen LogP contribution in [0.3, 0.4) is 0 Å². The topological polar surface area (TPSA) is 104 Å². The number of amides is 1. The summed E-state index contributed by atoms with van der Waals surface area (Å²) in [7, 11) is 1.54. The molecule has 0 aliphatic carbocycles. The summed E-state index contributed by atoms with van der Waals surface area (Å²) in [5, 5.41) is 21.0. The predicted molar refractivity (Wildman–Crippen MR) is 109 cm³/mol. The van der Waals surface area contributed by atoms with Crippen molar-refractivity contribution in [1.29, 1.82) is 10.5 Å². The van der Waals surface area contributed by atoms with Crippen LogP contribution in [-0.4, -0.2) is 26.2 Å². The van der Waals surface area contributed by atoms with Gasteiger partial charge in [-0.25, -0.2) is 0 Å². The van der Waals surface area contributed by atoms with E-state index in [0.29, 0.717) is 29.4 Å². The van der Waals surface area contributed by atoms with Gasteiger partial charge in [-0.05, 0) is 55.0 Å². The van der Waals surface area contributed by atoms with Crippen molar-refractivity contribution in [2.24, 2.45) is 0 Å². The summed E-state index contributed by atoms with van der Waals surface area (Å²) < 4.78 is 15.9. The molecule has 0 aromatic heterocycles. The first-order valence-corrected chi connectivity index (χ1v) is 8.93. The molecule has 0 heterocycles. The molecule has 8 heteroatoms. The third-order valence-electron chi connectivity index (χ3n) is 3.64. The summed E-state index contributed by atoms with van der Waals surface area (Å²) >= 11 is 6.23. The number of nitrogens with one attached hydrogen (secondary N) is 1. The van der Waals surface area contributed by atoms with Gasteiger partial charge in [0, 0.05) is 5.69 Å². The van der Waals surface area contributed by atoms with Crippen LogP contribution in [-0.2, 0) is 4.79 Å². The molecule has 2 aromatic carbocycles. The molecule has 0 fully saturated rings. The number of nitriles is 2. The molecule has 0 unspecified atom stereocenters. The fourth-order valence-corrected chi connectivity index (χ4v) is 2.64. The number of rotatable bonds is 8. The number of methoxy groups -OCH3 is 1. The van der Waals surface area contributed by atoms with Gasteiger partial charge in [0.05, 0.1) is 18.7 Å². The lowest BCUT2D eigenvalue weighted by atomic mass is 10.1. The summed E-state index contributed by atoms with van der Waals surface area (Å²) in [6.07, 6.45) is 1.39. The quantitative estimate of drug-likeness (QED) is 0.515. The highest BCUT2D eigenvalue weighted by Gasteiger charge is 2.14. The molecule has 0 radical (unpaired) electrons. The predicted octanol–water partition coefficient (Wildman–Crippen LogP) is 4.20. The first-order chi connectivity index (χ1) is 14.0. The molecule has 2 rings (SSSR count). The first kappa shape index (κ1) is 21.6. The number of hydrogen-bond donors (Lipinski definition) is 1. The lowest BCUT2D eigenvalue weighted by molar-refractivity contribution is -0.112. The molecule has 0 aliphatic rings. The third kappa shape index (κ3) is 5.90. The average molecular weight is 412 g/mol. The molecule has 148 valence electrons. The average Bonchev–Trinajstić information content (AvgIpc) is 2.72. The van der Waals surface area contributed by atoms with E-state index < -0.39 is 5.91 Å². The van der Waals surface area contributed by atoms with Crippen LogP contribution in [0.4, 0.5) is 5.69 Å². The number of hydrogen-bond acceptors (Lipinski definition) is 6. The van der Waals surface area contributed by atoms with Crippen LogP contribution in [0.15, 0.2) is 42.0 Å². The van der Waals surface area contributed by atoms with E-state index in [2.05, 4.69) is 5.32 Å². The summed E-state index contributed by atoms with van der Waals surface area (Å²) in [5.41, 5.74) is 0.874.